The number of hydrogen-bond acceptors (Lipinski definition) is 5. The number of aryl methyl sites for hydroxylation is 1. The molecule has 0 aliphatic heterocycles. The summed E-state index contributed by atoms with van der Waals surface area (Å²) < 4.78 is 5.21. The van der Waals surface area contributed by atoms with Crippen LogP contribution in [0, 0.1) is 6.92 Å². The molecule has 0 aliphatic rings. The van der Waals surface area contributed by atoms with E-state index in [1.165, 1.54) is 0 Å². The zero-order chi connectivity index (χ0) is 19.0. The Labute approximate surface area is 153 Å². The summed E-state index contributed by atoms with van der Waals surface area (Å²) in [5.74, 6) is -1.06. The number of nitrogens with zero attached hydrogens (tertiary/aromatic N) is 1. The van der Waals surface area contributed by atoms with E-state index in [-0.39, 0.29) is 12.4 Å². The second-order valence-corrected chi connectivity index (χ2v) is 6.37. The second-order valence-electron chi connectivity index (χ2n) is 6.37. The molecule has 0 unspecified atom stereocenters. The van der Waals surface area contributed by atoms with Crippen LogP contribution in [0.15, 0.2) is 57.9 Å². The first-order valence-corrected chi connectivity index (χ1v) is 8.48. The van der Waals surface area contributed by atoms with Gasteiger partial charge in [-0.3, -0.25) is 0 Å². The van der Waals surface area contributed by atoms with E-state index < -0.39 is 17.6 Å². The summed E-state index contributed by atoms with van der Waals surface area (Å²) in [7, 11) is 0. The van der Waals surface area contributed by atoms with Gasteiger partial charge in [-0.2, -0.15) is 4.98 Å². The Hall–Kier alpha value is -3.61. The van der Waals surface area contributed by atoms with Gasteiger partial charge in [-0.15, -0.1) is 0 Å². The van der Waals surface area contributed by atoms with Crippen LogP contribution in [0.4, 0.5) is 6.01 Å². The Kier molecular flexibility index (Phi) is 4.12. The maximum Gasteiger partial charge on any atom is 0.348 e. The van der Waals surface area contributed by atoms with Gasteiger partial charge in [0.2, 0.25) is 0 Å². The van der Waals surface area contributed by atoms with Crippen molar-refractivity contribution in [2.24, 2.45) is 0 Å². The summed E-state index contributed by atoms with van der Waals surface area (Å²) in [4.78, 5) is 31.4. The van der Waals surface area contributed by atoms with E-state index in [9.17, 15) is 14.7 Å². The lowest BCUT2D eigenvalue weighted by molar-refractivity contribution is -0.137. The number of carbonyl (C=O) groups is 1. The van der Waals surface area contributed by atoms with Gasteiger partial charge in [0.1, 0.15) is 6.04 Å². The number of carboxylic acid groups (broad SMARTS) is 1. The van der Waals surface area contributed by atoms with Gasteiger partial charge in [-0.25, -0.2) is 9.59 Å². The van der Waals surface area contributed by atoms with Crippen molar-refractivity contribution >= 4 is 33.8 Å². The molecule has 4 aromatic rings. The number of benzene rings is 2. The van der Waals surface area contributed by atoms with Crippen molar-refractivity contribution in [3.8, 4) is 0 Å². The third-order valence-electron chi connectivity index (χ3n) is 4.56. The number of carboxylic acids is 1. The van der Waals surface area contributed by atoms with Gasteiger partial charge in [-0.1, -0.05) is 30.3 Å². The summed E-state index contributed by atoms with van der Waals surface area (Å²) in [5, 5.41) is 13.7. The van der Waals surface area contributed by atoms with Crippen molar-refractivity contribution in [3.63, 3.8) is 0 Å². The average molecular weight is 363 g/mol. The standard InChI is InChI=1S/C20H17N3O4/c1-11-5-4-8-15-17(11)19(26)27-20(22-15)23-16(18(24)25)9-12-10-21-14-7-3-2-6-13(12)14/h2-8,10,16,21H,9H2,1H3,(H,22,23)(H,24,25)/t16-/m0/s1. The van der Waals surface area contributed by atoms with Crippen LogP contribution in [0.3, 0.4) is 0 Å². The van der Waals surface area contributed by atoms with Gasteiger partial charge in [0.05, 0.1) is 10.9 Å². The van der Waals surface area contributed by atoms with E-state index >= 15 is 0 Å². The number of aromatic amines is 1. The fourth-order valence-corrected chi connectivity index (χ4v) is 3.21. The van der Waals surface area contributed by atoms with Crippen molar-refractivity contribution < 1.29 is 14.3 Å². The molecule has 2 aromatic heterocycles. The molecule has 27 heavy (non-hydrogen) atoms. The molecule has 7 heteroatoms. The zero-order valence-corrected chi connectivity index (χ0v) is 14.5. The third kappa shape index (κ3) is 3.15. The molecular weight excluding hydrogens is 346 g/mol. The first-order chi connectivity index (χ1) is 13.0. The monoisotopic (exact) mass is 363 g/mol. The van der Waals surface area contributed by atoms with Crippen molar-refractivity contribution in [2.75, 3.05) is 5.32 Å². The number of aliphatic carboxylic acids is 1. The van der Waals surface area contributed by atoms with Crippen molar-refractivity contribution in [1.29, 1.82) is 0 Å². The minimum absolute atomic E-state index is 0.106. The Morgan fingerprint density at radius 3 is 2.89 bits per heavy atom. The van der Waals surface area contributed by atoms with Crippen LogP contribution in [0.25, 0.3) is 21.8 Å². The fraction of sp³-hybridized carbons (Fsp3) is 0.150. The number of rotatable bonds is 5. The predicted molar refractivity (Wildman–Crippen MR) is 102 cm³/mol. The van der Waals surface area contributed by atoms with Gasteiger partial charge < -0.3 is 19.8 Å². The van der Waals surface area contributed by atoms with Crippen LogP contribution in [0.2, 0.25) is 0 Å². The lowest BCUT2D eigenvalue weighted by atomic mass is 10.1. The molecule has 0 fully saturated rings. The topological polar surface area (TPSA) is 108 Å². The van der Waals surface area contributed by atoms with E-state index in [1.54, 1.807) is 31.3 Å². The number of aromatic nitrogens is 2. The molecule has 1 atom stereocenters. The van der Waals surface area contributed by atoms with Gasteiger partial charge >= 0.3 is 11.6 Å². The summed E-state index contributed by atoms with van der Waals surface area (Å²) in [6.45, 7) is 1.80. The highest BCUT2D eigenvalue weighted by Gasteiger charge is 2.22. The van der Waals surface area contributed by atoms with Crippen molar-refractivity contribution in [2.45, 2.75) is 19.4 Å². The highest BCUT2D eigenvalue weighted by Crippen LogP contribution is 2.21. The average Bonchev–Trinajstić information content (AvgIpc) is 3.04. The predicted octanol–water partition coefficient (Wildman–Crippen LogP) is 3.09. The maximum atomic E-state index is 12.3. The van der Waals surface area contributed by atoms with E-state index in [0.29, 0.717) is 10.9 Å². The van der Waals surface area contributed by atoms with E-state index in [2.05, 4.69) is 15.3 Å². The highest BCUT2D eigenvalue weighted by atomic mass is 16.4. The minimum Gasteiger partial charge on any atom is -0.480 e. The van der Waals surface area contributed by atoms with Gasteiger partial charge in [0, 0.05) is 23.5 Å². The fourth-order valence-electron chi connectivity index (χ4n) is 3.21. The molecule has 0 bridgehead atoms. The Balaban J connectivity index is 1.67. The van der Waals surface area contributed by atoms with Gasteiger partial charge in [-0.05, 0) is 30.2 Å². The molecular formula is C20H17N3O4. The molecule has 7 nitrogen and oxygen atoms in total. The van der Waals surface area contributed by atoms with E-state index in [4.69, 9.17) is 4.42 Å². The minimum atomic E-state index is -1.06. The molecule has 136 valence electrons. The van der Waals surface area contributed by atoms with Crippen LogP contribution in [0.5, 0.6) is 0 Å². The first kappa shape index (κ1) is 16.8. The summed E-state index contributed by atoms with van der Waals surface area (Å²) >= 11 is 0. The SMILES string of the molecule is Cc1cccc2nc(N[C@@H](Cc3c[nH]c4ccccc34)C(=O)O)oc(=O)c12. The molecule has 0 radical (unpaired) electrons. The largest absolute Gasteiger partial charge is 0.480 e. The molecule has 2 heterocycles. The Bertz CT molecular complexity index is 1210. The van der Waals surface area contributed by atoms with Gasteiger partial charge in [0.25, 0.3) is 6.01 Å². The number of nitrogens with one attached hydrogen (secondary N) is 2. The van der Waals surface area contributed by atoms with Crippen LogP contribution in [-0.4, -0.2) is 27.1 Å². The van der Waals surface area contributed by atoms with Crippen LogP contribution in [-0.2, 0) is 11.2 Å². The zero-order valence-electron chi connectivity index (χ0n) is 14.5. The van der Waals surface area contributed by atoms with E-state index in [0.717, 1.165) is 22.0 Å². The molecule has 2 aromatic carbocycles. The van der Waals surface area contributed by atoms with Crippen molar-refractivity contribution in [3.05, 3.63) is 70.2 Å². The molecule has 0 aliphatic carbocycles. The number of para-hydroxylation sites is 1. The number of anilines is 1. The second kappa shape index (κ2) is 6.60. The summed E-state index contributed by atoms with van der Waals surface area (Å²) in [5.41, 5.74) is 2.46. The summed E-state index contributed by atoms with van der Waals surface area (Å²) in [6, 6.07) is 11.8. The van der Waals surface area contributed by atoms with Gasteiger partial charge in [0.15, 0.2) is 0 Å². The molecule has 0 saturated heterocycles. The number of H-pyrrole nitrogens is 1. The molecule has 0 amide bonds. The first-order valence-electron chi connectivity index (χ1n) is 8.48. The van der Waals surface area contributed by atoms with Crippen LogP contribution < -0.4 is 10.9 Å². The molecule has 4 rings (SSSR count). The quantitative estimate of drug-likeness (QED) is 0.503. The molecule has 3 N–H and O–H groups in total. The highest BCUT2D eigenvalue weighted by molar-refractivity contribution is 5.85. The van der Waals surface area contributed by atoms with E-state index in [1.807, 2.05) is 24.3 Å². The normalized spacial score (nSPS) is 12.3. The number of hydrogen-bond donors (Lipinski definition) is 3. The maximum absolute atomic E-state index is 12.3. The smallest absolute Gasteiger partial charge is 0.348 e. The third-order valence-corrected chi connectivity index (χ3v) is 4.56. The lowest BCUT2D eigenvalue weighted by Crippen LogP contribution is -2.32. The van der Waals surface area contributed by atoms with Crippen molar-refractivity contribution in [1.82, 2.24) is 9.97 Å². The number of fused-ring (bicyclic) bond motifs is 2. The summed E-state index contributed by atoms with van der Waals surface area (Å²) in [6.07, 6.45) is 1.99. The molecule has 0 saturated carbocycles. The Morgan fingerprint density at radius 2 is 2.07 bits per heavy atom. The lowest BCUT2D eigenvalue weighted by Gasteiger charge is -2.14. The van der Waals surface area contributed by atoms with Crippen LogP contribution >= 0.6 is 0 Å². The Morgan fingerprint density at radius 1 is 1.26 bits per heavy atom. The molecule has 0 spiro atoms. The van der Waals surface area contributed by atoms with Crippen LogP contribution in [0.1, 0.15) is 11.1 Å².